The number of hydrogen-bond donors (Lipinski definition) is 1. The number of hydrogen-bond acceptors (Lipinski definition) is 6. The van der Waals surface area contributed by atoms with E-state index in [9.17, 15) is 9.59 Å². The van der Waals surface area contributed by atoms with Crippen molar-refractivity contribution < 1.29 is 9.59 Å². The molecule has 1 aliphatic carbocycles. The lowest BCUT2D eigenvalue weighted by molar-refractivity contribution is 0.0709. The normalized spacial score (nSPS) is 19.0. The Hall–Kier alpha value is -3.65. The number of amides is 2. The van der Waals surface area contributed by atoms with E-state index < -0.39 is 0 Å². The average molecular weight is 559 g/mol. The molecule has 3 heterocycles. The number of nitrogens with one attached hydrogen (secondary N) is 1. The third kappa shape index (κ3) is 5.37. The molecule has 9 heteroatoms. The van der Waals surface area contributed by atoms with Crippen molar-refractivity contribution in [3.05, 3.63) is 82.0 Å². The minimum Gasteiger partial charge on any atom is -0.356 e. The Kier molecular flexibility index (Phi) is 7.61. The molecule has 40 heavy (non-hydrogen) atoms. The summed E-state index contributed by atoms with van der Waals surface area (Å²) in [4.78, 5) is 42.2. The fraction of sp³-hybridized carbons (Fsp3) is 0.419. The summed E-state index contributed by atoms with van der Waals surface area (Å²) in [6.45, 7) is 3.74. The van der Waals surface area contributed by atoms with E-state index in [-0.39, 0.29) is 23.9 Å². The van der Waals surface area contributed by atoms with Gasteiger partial charge in [0.15, 0.2) is 0 Å². The van der Waals surface area contributed by atoms with Crippen LogP contribution in [0.15, 0.2) is 54.7 Å². The van der Waals surface area contributed by atoms with Crippen LogP contribution in [0, 0.1) is 0 Å². The van der Waals surface area contributed by atoms with E-state index in [2.05, 4.69) is 20.1 Å². The molecule has 3 aliphatic rings. The molecule has 2 aromatic carbocycles. The molecule has 0 saturated carbocycles. The van der Waals surface area contributed by atoms with Crippen molar-refractivity contribution in [2.45, 2.75) is 50.6 Å². The number of anilines is 2. The molecule has 8 nitrogen and oxygen atoms in total. The monoisotopic (exact) mass is 558 g/mol. The summed E-state index contributed by atoms with van der Waals surface area (Å²) < 4.78 is 0. The van der Waals surface area contributed by atoms with Gasteiger partial charge in [-0.15, -0.1) is 0 Å². The Morgan fingerprint density at radius 2 is 1.75 bits per heavy atom. The van der Waals surface area contributed by atoms with Gasteiger partial charge in [-0.25, -0.2) is 4.98 Å². The van der Waals surface area contributed by atoms with E-state index in [0.29, 0.717) is 16.1 Å². The zero-order valence-corrected chi connectivity index (χ0v) is 23.6. The Morgan fingerprint density at radius 3 is 2.52 bits per heavy atom. The van der Waals surface area contributed by atoms with Crippen LogP contribution in [-0.2, 0) is 6.42 Å². The summed E-state index contributed by atoms with van der Waals surface area (Å²) >= 11 is 6.24. The number of rotatable bonds is 6. The van der Waals surface area contributed by atoms with E-state index in [1.165, 1.54) is 18.4 Å². The van der Waals surface area contributed by atoms with Crippen LogP contribution in [0.1, 0.15) is 70.0 Å². The molecule has 2 aliphatic heterocycles. The summed E-state index contributed by atoms with van der Waals surface area (Å²) in [6.07, 6.45) is 7.69. The van der Waals surface area contributed by atoms with Gasteiger partial charge in [-0.3, -0.25) is 9.59 Å². The molecule has 2 amide bonds. The summed E-state index contributed by atoms with van der Waals surface area (Å²) in [5.74, 6) is 1.61. The highest BCUT2D eigenvalue weighted by Gasteiger charge is 2.30. The average Bonchev–Trinajstić information content (AvgIpc) is 3.67. The highest BCUT2D eigenvalue weighted by molar-refractivity contribution is 6.33. The second kappa shape index (κ2) is 11.5. The first-order valence-electron chi connectivity index (χ1n) is 14.3. The smallest absolute Gasteiger partial charge is 0.253 e. The summed E-state index contributed by atoms with van der Waals surface area (Å²) in [7, 11) is 1.91. The van der Waals surface area contributed by atoms with Crippen molar-refractivity contribution in [1.82, 2.24) is 20.2 Å². The molecular weight excluding hydrogens is 524 g/mol. The molecule has 0 radical (unpaired) electrons. The fourth-order valence-electron chi connectivity index (χ4n) is 6.20. The van der Waals surface area contributed by atoms with Crippen LogP contribution in [0.2, 0.25) is 5.02 Å². The second-order valence-electron chi connectivity index (χ2n) is 11.0. The quantitative estimate of drug-likeness (QED) is 0.464. The fourth-order valence-corrected chi connectivity index (χ4v) is 6.42. The zero-order valence-electron chi connectivity index (χ0n) is 22.9. The van der Waals surface area contributed by atoms with E-state index in [1.807, 2.05) is 48.5 Å². The van der Waals surface area contributed by atoms with E-state index in [4.69, 9.17) is 16.6 Å². The summed E-state index contributed by atoms with van der Waals surface area (Å²) in [5.41, 5.74) is 3.32. The molecule has 2 saturated heterocycles. The topological polar surface area (TPSA) is 81.7 Å². The van der Waals surface area contributed by atoms with Gasteiger partial charge in [0.25, 0.3) is 11.8 Å². The van der Waals surface area contributed by atoms with Crippen molar-refractivity contribution in [2.75, 3.05) is 43.0 Å². The lowest BCUT2D eigenvalue weighted by Gasteiger charge is -2.37. The largest absolute Gasteiger partial charge is 0.356 e. The molecule has 208 valence electrons. The first-order chi connectivity index (χ1) is 19.5. The van der Waals surface area contributed by atoms with Crippen molar-refractivity contribution in [1.29, 1.82) is 0 Å². The first kappa shape index (κ1) is 26.6. The Labute approximate surface area is 240 Å². The molecule has 1 N–H and O–H groups in total. The zero-order chi connectivity index (χ0) is 27.6. The third-order valence-corrected chi connectivity index (χ3v) is 8.90. The van der Waals surface area contributed by atoms with Crippen molar-refractivity contribution in [3.8, 4) is 0 Å². The second-order valence-corrected chi connectivity index (χ2v) is 11.4. The Bertz CT molecular complexity index is 1400. The minimum atomic E-state index is -0.194. The Balaban J connectivity index is 1.09. The molecule has 3 aromatic rings. The highest BCUT2D eigenvalue weighted by atomic mass is 35.5. The number of piperidine rings is 1. The minimum absolute atomic E-state index is 0.0164. The number of benzene rings is 2. The predicted molar refractivity (Wildman–Crippen MR) is 157 cm³/mol. The molecule has 0 spiro atoms. The van der Waals surface area contributed by atoms with Gasteiger partial charge in [-0.2, -0.15) is 4.98 Å². The molecule has 0 bridgehead atoms. The summed E-state index contributed by atoms with van der Waals surface area (Å²) in [5, 5.41) is 3.56. The molecule has 2 fully saturated rings. The molecule has 1 unspecified atom stereocenters. The lowest BCUT2D eigenvalue weighted by Crippen LogP contribution is -2.46. The maximum absolute atomic E-state index is 13.6. The van der Waals surface area contributed by atoms with Crippen LogP contribution in [0.5, 0.6) is 0 Å². The van der Waals surface area contributed by atoms with Crippen molar-refractivity contribution in [3.63, 3.8) is 0 Å². The van der Waals surface area contributed by atoms with Crippen LogP contribution in [0.3, 0.4) is 0 Å². The van der Waals surface area contributed by atoms with Crippen molar-refractivity contribution in [2.24, 2.45) is 0 Å². The van der Waals surface area contributed by atoms with Crippen LogP contribution >= 0.6 is 11.6 Å². The molecule has 1 aromatic heterocycles. The van der Waals surface area contributed by atoms with Crippen LogP contribution in [0.25, 0.3) is 0 Å². The Morgan fingerprint density at radius 1 is 0.975 bits per heavy atom. The van der Waals surface area contributed by atoms with Gasteiger partial charge < -0.3 is 20.0 Å². The van der Waals surface area contributed by atoms with Gasteiger partial charge in [0.05, 0.1) is 16.6 Å². The van der Waals surface area contributed by atoms with E-state index in [0.717, 1.165) is 69.2 Å². The van der Waals surface area contributed by atoms with Crippen LogP contribution in [0.4, 0.5) is 11.8 Å². The number of halogens is 1. The maximum atomic E-state index is 13.6. The van der Waals surface area contributed by atoms with E-state index in [1.54, 1.807) is 18.2 Å². The van der Waals surface area contributed by atoms with Gasteiger partial charge in [-0.1, -0.05) is 29.8 Å². The lowest BCUT2D eigenvalue weighted by atomic mass is 10.00. The van der Waals surface area contributed by atoms with Gasteiger partial charge in [0, 0.05) is 51.0 Å². The molecular formula is C31H35ClN6O2. The number of aryl methyl sites for hydroxylation is 1. The van der Waals surface area contributed by atoms with E-state index >= 15 is 0 Å². The summed E-state index contributed by atoms with van der Waals surface area (Å²) in [6, 6.07) is 15.0. The van der Waals surface area contributed by atoms with Crippen LogP contribution < -0.4 is 15.1 Å². The number of nitrogens with zero attached hydrogens (tertiary/aromatic N) is 5. The number of carbonyl (C=O) groups excluding carboxylic acids is 2. The highest BCUT2D eigenvalue weighted by Crippen LogP contribution is 2.33. The number of aromatic nitrogens is 2. The standard InChI is InChI=1S/C31H35ClN6O2/c1-36(23-13-18-37(19-14-23)28-12-15-33-31(35-28)38-16-4-5-17-38)30(40)22-9-8-21-10-11-27(25(21)20-22)34-29(39)24-6-2-3-7-26(24)32/h2-3,6-9,12,15,20,23,27H,4-5,10-11,13-14,16-19H2,1H3,(H,34,39). The SMILES string of the molecule is CN(C(=O)c1ccc2c(c1)C(NC(=O)c1ccccc1Cl)CC2)C1CCN(c2ccnc(N3CCCC3)n2)CC1. The number of carbonyl (C=O) groups is 2. The third-order valence-electron chi connectivity index (χ3n) is 8.57. The predicted octanol–water partition coefficient (Wildman–Crippen LogP) is 4.89. The van der Waals surface area contributed by atoms with Crippen LogP contribution in [-0.4, -0.2) is 66.0 Å². The van der Waals surface area contributed by atoms with Gasteiger partial charge >= 0.3 is 0 Å². The molecule has 1 atom stereocenters. The van der Waals surface area contributed by atoms with Crippen molar-refractivity contribution >= 4 is 35.2 Å². The maximum Gasteiger partial charge on any atom is 0.253 e. The first-order valence-corrected chi connectivity index (χ1v) is 14.6. The van der Waals surface area contributed by atoms with Gasteiger partial charge in [0.1, 0.15) is 5.82 Å². The van der Waals surface area contributed by atoms with Gasteiger partial charge in [0.2, 0.25) is 5.95 Å². The number of fused-ring (bicyclic) bond motifs is 1. The molecule has 6 rings (SSSR count). The van der Waals surface area contributed by atoms with Gasteiger partial charge in [-0.05, 0) is 80.0 Å².